The summed E-state index contributed by atoms with van der Waals surface area (Å²) in [5, 5.41) is 11.3. The second-order valence-electron chi connectivity index (χ2n) is 7.77. The zero-order valence-electron chi connectivity index (χ0n) is 18.2. The molecule has 1 unspecified atom stereocenters. The van der Waals surface area contributed by atoms with Crippen molar-refractivity contribution < 1.29 is 19.4 Å². The molecule has 3 aromatic carbocycles. The predicted molar refractivity (Wildman–Crippen MR) is 124 cm³/mol. The Labute approximate surface area is 186 Å². The Morgan fingerprint density at radius 3 is 2.50 bits per heavy atom. The number of aromatic hydroxyl groups is 1. The highest BCUT2D eigenvalue weighted by Crippen LogP contribution is 2.47. The number of fused-ring (bicyclic) bond motifs is 3. The molecule has 0 radical (unpaired) electrons. The number of benzene rings is 3. The van der Waals surface area contributed by atoms with Gasteiger partial charge in [-0.25, -0.2) is 0 Å². The summed E-state index contributed by atoms with van der Waals surface area (Å²) in [5.41, 5.74) is 4.27. The van der Waals surface area contributed by atoms with Gasteiger partial charge >= 0.3 is 0 Å². The van der Waals surface area contributed by atoms with Crippen molar-refractivity contribution >= 4 is 22.5 Å². The summed E-state index contributed by atoms with van der Waals surface area (Å²) in [4.78, 5) is 15.6. The van der Waals surface area contributed by atoms with E-state index < -0.39 is 0 Å². The number of aryl methyl sites for hydroxylation is 1. The van der Waals surface area contributed by atoms with Crippen LogP contribution in [0.3, 0.4) is 0 Å². The first-order valence-corrected chi connectivity index (χ1v) is 10.6. The zero-order valence-corrected chi connectivity index (χ0v) is 18.2. The first-order valence-electron chi connectivity index (χ1n) is 10.6. The van der Waals surface area contributed by atoms with Crippen LogP contribution >= 0.6 is 0 Å². The fraction of sp³-hybridized carbons (Fsp3) is 0.192. The van der Waals surface area contributed by atoms with E-state index in [4.69, 9.17) is 9.47 Å². The minimum absolute atomic E-state index is 0.0695. The zero-order chi connectivity index (χ0) is 22.4. The Morgan fingerprint density at radius 1 is 1.03 bits per heavy atom. The van der Waals surface area contributed by atoms with E-state index >= 15 is 0 Å². The average Bonchev–Trinajstić information content (AvgIpc) is 3.28. The van der Waals surface area contributed by atoms with Crippen LogP contribution in [0.2, 0.25) is 0 Å². The third-order valence-corrected chi connectivity index (χ3v) is 6.05. The second kappa shape index (κ2) is 7.64. The number of amides is 1. The summed E-state index contributed by atoms with van der Waals surface area (Å²) in [5.74, 6) is 1.14. The molecule has 0 aliphatic carbocycles. The maximum absolute atomic E-state index is 13.8. The molecule has 32 heavy (non-hydrogen) atoms. The molecule has 1 atom stereocenters. The summed E-state index contributed by atoms with van der Waals surface area (Å²) in [7, 11) is 3.54. The second-order valence-corrected chi connectivity index (χ2v) is 7.77. The summed E-state index contributed by atoms with van der Waals surface area (Å²) in [6.45, 7) is 2.31. The van der Waals surface area contributed by atoms with Gasteiger partial charge < -0.3 is 19.1 Å². The largest absolute Gasteiger partial charge is 0.504 e. The normalized spacial score (nSPS) is 15.3. The van der Waals surface area contributed by atoms with Crippen LogP contribution in [0.5, 0.6) is 17.2 Å². The highest BCUT2D eigenvalue weighted by Gasteiger charge is 2.43. The smallest absolute Gasteiger partial charge is 0.276 e. The van der Waals surface area contributed by atoms with E-state index in [0.717, 1.165) is 33.5 Å². The van der Waals surface area contributed by atoms with E-state index in [9.17, 15) is 9.90 Å². The molecule has 0 fully saturated rings. The number of hydrogen-bond acceptors (Lipinski definition) is 4. The molecule has 0 saturated carbocycles. The molecule has 1 amide bonds. The third-order valence-electron chi connectivity index (χ3n) is 6.05. The van der Waals surface area contributed by atoms with Crippen molar-refractivity contribution in [3.8, 4) is 17.2 Å². The van der Waals surface area contributed by atoms with Crippen molar-refractivity contribution in [2.45, 2.75) is 13.0 Å². The van der Waals surface area contributed by atoms with Crippen molar-refractivity contribution in [3.05, 3.63) is 83.6 Å². The lowest BCUT2D eigenvalue weighted by Crippen LogP contribution is -2.29. The number of phenolic OH excluding ortho intramolecular Hbond substituents is 1. The first-order chi connectivity index (χ1) is 15.5. The molecule has 1 aromatic heterocycles. The number of carbonyl (C=O) groups is 1. The predicted octanol–water partition coefficient (Wildman–Crippen LogP) is 5.04. The highest BCUT2D eigenvalue weighted by atomic mass is 16.5. The topological polar surface area (TPSA) is 63.9 Å². The fourth-order valence-corrected chi connectivity index (χ4v) is 4.62. The number of phenols is 1. The molecule has 4 aromatic rings. The first kappa shape index (κ1) is 20.0. The fourth-order valence-electron chi connectivity index (χ4n) is 4.62. The molecule has 1 aliphatic rings. The van der Waals surface area contributed by atoms with Gasteiger partial charge in [-0.2, -0.15) is 0 Å². The van der Waals surface area contributed by atoms with E-state index in [1.165, 1.54) is 0 Å². The Balaban J connectivity index is 1.76. The Kier molecular flexibility index (Phi) is 4.78. The van der Waals surface area contributed by atoms with Gasteiger partial charge in [-0.15, -0.1) is 0 Å². The molecular weight excluding hydrogens is 404 g/mol. The van der Waals surface area contributed by atoms with Gasteiger partial charge in [-0.05, 0) is 55.0 Å². The van der Waals surface area contributed by atoms with Gasteiger partial charge in [0, 0.05) is 29.2 Å². The number of methoxy groups -OCH3 is 1. The van der Waals surface area contributed by atoms with Crippen LogP contribution in [-0.2, 0) is 7.05 Å². The standard InChI is InChI=1S/C26H24N2O4/c1-4-32-22-15-16(9-14-21(22)29)24-23-19-7-5-6-8-20(19)27(2)25(23)26(30)28(24)17-10-12-18(31-3)13-11-17/h5-15,24,29H,4H2,1-3H3. The lowest BCUT2D eigenvalue weighted by atomic mass is 9.97. The molecule has 1 aliphatic heterocycles. The quantitative estimate of drug-likeness (QED) is 0.484. The molecule has 1 N–H and O–H groups in total. The van der Waals surface area contributed by atoms with E-state index in [1.54, 1.807) is 18.1 Å². The Hall–Kier alpha value is -3.93. The van der Waals surface area contributed by atoms with Crippen molar-refractivity contribution in [1.29, 1.82) is 0 Å². The molecule has 6 heteroatoms. The van der Waals surface area contributed by atoms with Gasteiger partial charge in [-0.1, -0.05) is 24.3 Å². The number of para-hydroxylation sites is 1. The molecule has 2 heterocycles. The number of ether oxygens (including phenoxy) is 2. The van der Waals surface area contributed by atoms with Crippen molar-refractivity contribution in [1.82, 2.24) is 4.57 Å². The summed E-state index contributed by atoms with van der Waals surface area (Å²) < 4.78 is 12.9. The number of rotatable bonds is 5. The van der Waals surface area contributed by atoms with E-state index in [0.29, 0.717) is 18.1 Å². The lowest BCUT2D eigenvalue weighted by molar-refractivity contribution is 0.0986. The van der Waals surface area contributed by atoms with Gasteiger partial charge in [0.25, 0.3) is 5.91 Å². The maximum Gasteiger partial charge on any atom is 0.276 e. The van der Waals surface area contributed by atoms with Crippen LogP contribution in [0.25, 0.3) is 10.9 Å². The summed E-state index contributed by atoms with van der Waals surface area (Å²) >= 11 is 0. The van der Waals surface area contributed by atoms with Crippen LogP contribution < -0.4 is 14.4 Å². The number of nitrogens with zero attached hydrogens (tertiary/aromatic N) is 2. The van der Waals surface area contributed by atoms with Crippen molar-refractivity contribution in [2.24, 2.45) is 7.05 Å². The van der Waals surface area contributed by atoms with Crippen LogP contribution in [0, 0.1) is 0 Å². The van der Waals surface area contributed by atoms with Gasteiger partial charge in [0.2, 0.25) is 0 Å². The summed E-state index contributed by atoms with van der Waals surface area (Å²) in [6, 6.07) is 20.5. The lowest BCUT2D eigenvalue weighted by Gasteiger charge is -2.27. The number of aromatic nitrogens is 1. The van der Waals surface area contributed by atoms with E-state index in [2.05, 4.69) is 6.07 Å². The molecule has 0 saturated heterocycles. The molecule has 0 spiro atoms. The van der Waals surface area contributed by atoms with Gasteiger partial charge in [0.05, 0.1) is 19.8 Å². The molecule has 162 valence electrons. The summed E-state index contributed by atoms with van der Waals surface area (Å²) in [6.07, 6.45) is 0. The SMILES string of the molecule is CCOc1cc(C2c3c(n(C)c4ccccc34)C(=O)N2c2ccc(OC)cc2)ccc1O. The van der Waals surface area contributed by atoms with Gasteiger partial charge in [-0.3, -0.25) is 9.69 Å². The van der Waals surface area contributed by atoms with Gasteiger partial charge in [0.1, 0.15) is 11.4 Å². The van der Waals surface area contributed by atoms with Gasteiger partial charge in [0.15, 0.2) is 11.5 Å². The molecule has 5 rings (SSSR count). The van der Waals surface area contributed by atoms with Crippen LogP contribution in [0.15, 0.2) is 66.7 Å². The van der Waals surface area contributed by atoms with Crippen molar-refractivity contribution in [3.63, 3.8) is 0 Å². The monoisotopic (exact) mass is 428 g/mol. The number of hydrogen-bond donors (Lipinski definition) is 1. The number of carbonyl (C=O) groups excluding carboxylic acids is 1. The number of anilines is 1. The molecule has 0 bridgehead atoms. The Bertz CT molecular complexity index is 1320. The highest BCUT2D eigenvalue weighted by molar-refractivity contribution is 6.15. The minimum atomic E-state index is -0.364. The molecule has 6 nitrogen and oxygen atoms in total. The minimum Gasteiger partial charge on any atom is -0.504 e. The van der Waals surface area contributed by atoms with E-state index in [1.807, 2.05) is 73.1 Å². The maximum atomic E-state index is 13.8. The van der Waals surface area contributed by atoms with Crippen LogP contribution in [-0.4, -0.2) is 29.3 Å². The van der Waals surface area contributed by atoms with Crippen LogP contribution in [0.1, 0.15) is 34.6 Å². The van der Waals surface area contributed by atoms with E-state index in [-0.39, 0.29) is 17.7 Å². The van der Waals surface area contributed by atoms with Crippen LogP contribution in [0.4, 0.5) is 5.69 Å². The van der Waals surface area contributed by atoms with Crippen molar-refractivity contribution in [2.75, 3.05) is 18.6 Å². The Morgan fingerprint density at radius 2 is 1.78 bits per heavy atom. The average molecular weight is 428 g/mol. The third kappa shape index (κ3) is 2.91. The molecular formula is C26H24N2O4.